The molecule has 87 heavy (non-hydrogen) atoms. The van der Waals surface area contributed by atoms with Crippen molar-refractivity contribution in [3.8, 4) is 66.8 Å². The molecule has 17 rings (SSSR count). The molecule has 2 heteroatoms. The molecule has 0 unspecified atom stereocenters. The average Bonchev–Trinajstić information content (AvgIpc) is 1.52. The highest BCUT2D eigenvalue weighted by atomic mass is 15.1. The smallest absolute Gasteiger partial charge is 0.0725 e. The number of benzene rings is 13. The van der Waals surface area contributed by atoms with E-state index in [4.69, 9.17) is 0 Å². The van der Waals surface area contributed by atoms with E-state index in [1.165, 1.54) is 128 Å². The Bertz CT molecular complexity index is 4850. The number of hydrogen-bond donors (Lipinski definition) is 0. The van der Waals surface area contributed by atoms with Gasteiger partial charge in [-0.2, -0.15) is 0 Å². The van der Waals surface area contributed by atoms with E-state index in [1.54, 1.807) is 0 Å². The van der Waals surface area contributed by atoms with E-state index in [1.807, 2.05) is 0 Å². The molecular formula is C85H64N2. The van der Waals surface area contributed by atoms with Gasteiger partial charge in [0, 0.05) is 44.7 Å². The molecule has 0 N–H and O–H groups in total. The number of aryl methyl sites for hydroxylation is 2. The van der Waals surface area contributed by atoms with Gasteiger partial charge >= 0.3 is 0 Å². The molecule has 0 aromatic heterocycles. The Hall–Kier alpha value is -10.3. The van der Waals surface area contributed by atoms with Crippen molar-refractivity contribution in [2.24, 2.45) is 0 Å². The Labute approximate surface area is 511 Å². The summed E-state index contributed by atoms with van der Waals surface area (Å²) in [5.74, 6) is 0. The largest absolute Gasteiger partial charge is 0.310 e. The maximum Gasteiger partial charge on any atom is 0.0725 e. The van der Waals surface area contributed by atoms with E-state index < -0.39 is 5.41 Å². The summed E-state index contributed by atoms with van der Waals surface area (Å²) in [6.45, 7) is 14.0. The van der Waals surface area contributed by atoms with Crippen LogP contribution in [0.1, 0.15) is 83.3 Å². The van der Waals surface area contributed by atoms with Crippen LogP contribution in [0.5, 0.6) is 0 Å². The van der Waals surface area contributed by atoms with E-state index in [0.29, 0.717) is 0 Å². The summed E-state index contributed by atoms with van der Waals surface area (Å²) < 4.78 is 0. The molecular weight excluding hydrogens is 1050 g/mol. The number of nitrogens with zero attached hydrogens (tertiary/aromatic N) is 2. The molecule has 0 heterocycles. The van der Waals surface area contributed by atoms with Crippen LogP contribution < -0.4 is 9.80 Å². The highest BCUT2D eigenvalue weighted by Gasteiger charge is 2.51. The predicted octanol–water partition coefficient (Wildman–Crippen LogP) is 22.7. The normalized spacial score (nSPS) is 14.4. The summed E-state index contributed by atoms with van der Waals surface area (Å²) in [7, 11) is 0. The van der Waals surface area contributed by atoms with Crippen LogP contribution in [-0.2, 0) is 16.2 Å². The first-order valence-corrected chi connectivity index (χ1v) is 30.8. The quantitative estimate of drug-likeness (QED) is 0.150. The highest BCUT2D eigenvalue weighted by molar-refractivity contribution is 6.02. The highest BCUT2D eigenvalue weighted by Crippen LogP contribution is 2.64. The third-order valence-electron chi connectivity index (χ3n) is 20.2. The molecule has 0 radical (unpaired) electrons. The maximum absolute atomic E-state index is 2.51. The lowest BCUT2D eigenvalue weighted by Crippen LogP contribution is -2.25. The Morgan fingerprint density at radius 2 is 0.632 bits per heavy atom. The van der Waals surface area contributed by atoms with Crippen molar-refractivity contribution in [1.29, 1.82) is 0 Å². The van der Waals surface area contributed by atoms with Crippen LogP contribution in [0.25, 0.3) is 77.5 Å². The van der Waals surface area contributed by atoms with Gasteiger partial charge in [0.1, 0.15) is 0 Å². The molecule has 0 aliphatic heterocycles. The Kier molecular flexibility index (Phi) is 11.1. The molecule has 0 fully saturated rings. The van der Waals surface area contributed by atoms with Crippen LogP contribution in [-0.4, -0.2) is 0 Å². The van der Waals surface area contributed by atoms with Crippen molar-refractivity contribution in [3.05, 3.63) is 335 Å². The van der Waals surface area contributed by atoms with Crippen LogP contribution in [0, 0.1) is 13.8 Å². The molecule has 4 aliphatic rings. The average molecular weight is 1110 g/mol. The zero-order chi connectivity index (χ0) is 58.5. The minimum absolute atomic E-state index is 0.170. The number of hydrogen-bond acceptors (Lipinski definition) is 2. The van der Waals surface area contributed by atoms with Crippen LogP contribution in [0.2, 0.25) is 0 Å². The summed E-state index contributed by atoms with van der Waals surface area (Å²) in [4.78, 5) is 4.99. The van der Waals surface area contributed by atoms with E-state index >= 15 is 0 Å². The fourth-order valence-electron chi connectivity index (χ4n) is 16.0. The molecule has 0 amide bonds. The van der Waals surface area contributed by atoms with Crippen LogP contribution in [0.15, 0.2) is 279 Å². The fourth-order valence-corrected chi connectivity index (χ4v) is 16.0. The molecule has 13 aromatic carbocycles. The van der Waals surface area contributed by atoms with E-state index in [0.717, 1.165) is 39.7 Å². The molecule has 4 aliphatic carbocycles. The third-order valence-corrected chi connectivity index (χ3v) is 20.2. The van der Waals surface area contributed by atoms with Crippen LogP contribution in [0.3, 0.4) is 0 Å². The molecule has 0 saturated carbocycles. The van der Waals surface area contributed by atoms with Crippen molar-refractivity contribution < 1.29 is 0 Å². The number of anilines is 6. The van der Waals surface area contributed by atoms with Gasteiger partial charge in [0.25, 0.3) is 0 Å². The first-order valence-electron chi connectivity index (χ1n) is 30.8. The summed E-state index contributed by atoms with van der Waals surface area (Å²) >= 11 is 0. The lowest BCUT2D eigenvalue weighted by molar-refractivity contribution is 0.659. The SMILES string of the molecule is Cc1ccc2c(c1)C(C)(C)c1cc(N(c3ccc(-c4ccc(N(c5ccc6c(c5)-c5ccccc5C65c6ccccc6-c6ccccc65)c5cccc6ccccc56)cc4)c(-c4ccccc4)c3)c3ccc4c(c3)C(C)(C)c3cc(C)ccc3-4)ccc1-2. The first kappa shape index (κ1) is 51.2. The lowest BCUT2D eigenvalue weighted by atomic mass is 9.70. The Morgan fingerprint density at radius 3 is 1.22 bits per heavy atom. The fraction of sp³-hybridized carbons (Fsp3) is 0.106. The van der Waals surface area contributed by atoms with Crippen molar-refractivity contribution in [3.63, 3.8) is 0 Å². The summed E-state index contributed by atoms with van der Waals surface area (Å²) in [6.07, 6.45) is 0. The van der Waals surface area contributed by atoms with Crippen molar-refractivity contribution >= 4 is 44.9 Å². The van der Waals surface area contributed by atoms with Crippen molar-refractivity contribution in [2.45, 2.75) is 57.8 Å². The minimum atomic E-state index is -0.416. The van der Waals surface area contributed by atoms with Crippen molar-refractivity contribution in [2.75, 3.05) is 9.80 Å². The lowest BCUT2D eigenvalue weighted by Gasteiger charge is -2.31. The Balaban J connectivity index is 0.816. The van der Waals surface area contributed by atoms with E-state index in [9.17, 15) is 0 Å². The molecule has 2 nitrogen and oxygen atoms in total. The van der Waals surface area contributed by atoms with Gasteiger partial charge in [0.15, 0.2) is 0 Å². The molecule has 1 spiro atoms. The topological polar surface area (TPSA) is 6.48 Å². The van der Waals surface area contributed by atoms with Crippen LogP contribution in [0.4, 0.5) is 34.1 Å². The van der Waals surface area contributed by atoms with E-state index in [-0.39, 0.29) is 10.8 Å². The van der Waals surface area contributed by atoms with Crippen LogP contribution >= 0.6 is 0 Å². The molecule has 414 valence electrons. The molecule has 0 saturated heterocycles. The zero-order valence-corrected chi connectivity index (χ0v) is 50.0. The van der Waals surface area contributed by atoms with E-state index in [2.05, 4.69) is 330 Å². The summed E-state index contributed by atoms with van der Waals surface area (Å²) in [6, 6.07) is 106. The first-order chi connectivity index (χ1) is 42.5. The summed E-state index contributed by atoms with van der Waals surface area (Å²) in [5, 5.41) is 2.40. The second kappa shape index (κ2) is 18.9. The standard InChI is InChI=1S/C85H64N2/c1-53-31-41-68-70-44-38-61(51-80(70)83(3,4)78(68)47-53)86(62-39-45-71-69-42-32-54(2)48-79(69)84(5,6)81(71)52-62)59-37-43-63(72(49-59)56-19-8-7-9-20-56)57-33-35-58(36-34-57)87(82-30-18-22-55-21-10-11-23-64(55)82)60-40-46-77-73(50-60)67-26-14-17-29-76(67)85(77)74-27-15-12-24-65(74)66-25-13-16-28-75(66)85/h7-52H,1-6H3. The molecule has 13 aromatic rings. The van der Waals surface area contributed by atoms with Gasteiger partial charge in [0.2, 0.25) is 0 Å². The molecule has 0 atom stereocenters. The minimum Gasteiger partial charge on any atom is -0.310 e. The van der Waals surface area contributed by atoms with Gasteiger partial charge in [-0.15, -0.1) is 0 Å². The second-order valence-corrected chi connectivity index (χ2v) is 25.7. The molecule has 0 bridgehead atoms. The van der Waals surface area contributed by atoms with Gasteiger partial charge in [0.05, 0.1) is 11.1 Å². The zero-order valence-electron chi connectivity index (χ0n) is 50.0. The number of fused-ring (bicyclic) bond motifs is 17. The third kappa shape index (κ3) is 7.41. The monoisotopic (exact) mass is 1110 g/mol. The maximum atomic E-state index is 2.51. The van der Waals surface area contributed by atoms with Crippen molar-refractivity contribution in [1.82, 2.24) is 0 Å². The predicted molar refractivity (Wildman–Crippen MR) is 365 cm³/mol. The van der Waals surface area contributed by atoms with Gasteiger partial charge < -0.3 is 9.80 Å². The van der Waals surface area contributed by atoms with Gasteiger partial charge in [-0.1, -0.05) is 251 Å². The Morgan fingerprint density at radius 1 is 0.241 bits per heavy atom. The van der Waals surface area contributed by atoms with Gasteiger partial charge in [-0.3, -0.25) is 0 Å². The van der Waals surface area contributed by atoms with Gasteiger partial charge in [-0.25, -0.2) is 0 Å². The summed E-state index contributed by atoms with van der Waals surface area (Å²) in [5.41, 5.74) is 34.6. The van der Waals surface area contributed by atoms with Gasteiger partial charge in [-0.05, 0) is 197 Å². The second-order valence-electron chi connectivity index (χ2n) is 25.7. The number of rotatable bonds is 8.